The SMILES string of the molecule is O=S(=O)(c1cccc(C(F)(F)F)c1)C1CCCc2c1ccc1c2ccc2ccccc21. The molecule has 1 unspecified atom stereocenters. The molecular weight excluding hydrogens is 421 g/mol. The molecule has 4 aromatic carbocycles. The molecule has 0 heterocycles. The summed E-state index contributed by atoms with van der Waals surface area (Å²) in [6.45, 7) is 0. The predicted molar refractivity (Wildman–Crippen MR) is 116 cm³/mol. The van der Waals surface area contributed by atoms with Crippen LogP contribution in [-0.4, -0.2) is 8.42 Å². The van der Waals surface area contributed by atoms with Gasteiger partial charge in [0.2, 0.25) is 0 Å². The van der Waals surface area contributed by atoms with Crippen molar-refractivity contribution in [3.63, 3.8) is 0 Å². The second-order valence-electron chi connectivity index (χ2n) is 7.97. The zero-order valence-corrected chi connectivity index (χ0v) is 17.3. The van der Waals surface area contributed by atoms with Gasteiger partial charge in [-0.3, -0.25) is 0 Å². The number of rotatable bonds is 2. The van der Waals surface area contributed by atoms with Gasteiger partial charge in [0.1, 0.15) is 0 Å². The fourth-order valence-electron chi connectivity index (χ4n) is 4.70. The van der Waals surface area contributed by atoms with Crippen molar-refractivity contribution in [2.45, 2.75) is 35.6 Å². The normalized spacial score (nSPS) is 17.1. The zero-order valence-electron chi connectivity index (χ0n) is 16.5. The number of hydrogen-bond acceptors (Lipinski definition) is 2. The topological polar surface area (TPSA) is 34.1 Å². The number of halogens is 3. The van der Waals surface area contributed by atoms with Gasteiger partial charge in [-0.2, -0.15) is 13.2 Å². The molecule has 2 nitrogen and oxygen atoms in total. The minimum Gasteiger partial charge on any atom is -0.223 e. The molecule has 0 bridgehead atoms. The third-order valence-corrected chi connectivity index (χ3v) is 8.33. The Bertz CT molecular complexity index is 1420. The summed E-state index contributed by atoms with van der Waals surface area (Å²) in [7, 11) is -3.97. The summed E-state index contributed by atoms with van der Waals surface area (Å²) >= 11 is 0. The average Bonchev–Trinajstić information content (AvgIpc) is 2.77. The van der Waals surface area contributed by atoms with E-state index in [9.17, 15) is 21.6 Å². The first-order valence-electron chi connectivity index (χ1n) is 10.1. The van der Waals surface area contributed by atoms with Crippen molar-refractivity contribution in [1.82, 2.24) is 0 Å². The summed E-state index contributed by atoms with van der Waals surface area (Å²) in [6.07, 6.45) is -2.78. The summed E-state index contributed by atoms with van der Waals surface area (Å²) in [5.41, 5.74) is 0.732. The lowest BCUT2D eigenvalue weighted by atomic mass is 9.86. The van der Waals surface area contributed by atoms with Gasteiger partial charge >= 0.3 is 6.18 Å². The maximum absolute atomic E-state index is 13.4. The molecule has 5 rings (SSSR count). The number of alkyl halides is 3. The number of hydrogen-bond donors (Lipinski definition) is 0. The number of sulfone groups is 1. The molecule has 0 amide bonds. The van der Waals surface area contributed by atoms with Crippen LogP contribution in [0.5, 0.6) is 0 Å². The molecule has 0 spiro atoms. The maximum atomic E-state index is 13.4. The Labute approximate surface area is 178 Å². The molecule has 0 saturated heterocycles. The second kappa shape index (κ2) is 7.09. The van der Waals surface area contributed by atoms with Crippen molar-refractivity contribution in [2.75, 3.05) is 0 Å². The monoisotopic (exact) mass is 440 g/mol. The number of fused-ring (bicyclic) bond motifs is 5. The van der Waals surface area contributed by atoms with E-state index >= 15 is 0 Å². The van der Waals surface area contributed by atoms with E-state index in [4.69, 9.17) is 0 Å². The summed E-state index contributed by atoms with van der Waals surface area (Å²) in [5.74, 6) is 0. The molecule has 1 aliphatic carbocycles. The molecule has 1 atom stereocenters. The minimum atomic E-state index is -4.59. The highest BCUT2D eigenvalue weighted by Gasteiger charge is 2.36. The molecule has 0 radical (unpaired) electrons. The van der Waals surface area contributed by atoms with Crippen molar-refractivity contribution >= 4 is 31.4 Å². The van der Waals surface area contributed by atoms with Gasteiger partial charge in [0, 0.05) is 0 Å². The molecule has 0 aromatic heterocycles. The van der Waals surface area contributed by atoms with Crippen molar-refractivity contribution < 1.29 is 21.6 Å². The lowest BCUT2D eigenvalue weighted by Crippen LogP contribution is -2.20. The minimum absolute atomic E-state index is 0.279. The van der Waals surface area contributed by atoms with Crippen LogP contribution in [0.4, 0.5) is 13.2 Å². The first-order chi connectivity index (χ1) is 14.8. The first kappa shape index (κ1) is 20.1. The third kappa shape index (κ3) is 3.30. The Morgan fingerprint density at radius 3 is 2.39 bits per heavy atom. The maximum Gasteiger partial charge on any atom is 0.416 e. The summed E-state index contributed by atoms with van der Waals surface area (Å²) in [5, 5.41) is 3.44. The van der Waals surface area contributed by atoms with E-state index < -0.39 is 26.8 Å². The van der Waals surface area contributed by atoms with Crippen molar-refractivity contribution in [2.24, 2.45) is 0 Å². The first-order valence-corrected chi connectivity index (χ1v) is 11.7. The molecule has 158 valence electrons. The Morgan fingerprint density at radius 2 is 1.58 bits per heavy atom. The van der Waals surface area contributed by atoms with E-state index in [1.807, 2.05) is 48.5 Å². The highest BCUT2D eigenvalue weighted by Crippen LogP contribution is 2.43. The van der Waals surface area contributed by atoms with Crippen molar-refractivity contribution in [3.8, 4) is 0 Å². The fourth-order valence-corrected chi connectivity index (χ4v) is 6.62. The summed E-state index contributed by atoms with van der Waals surface area (Å²) < 4.78 is 66.3. The third-order valence-electron chi connectivity index (χ3n) is 6.18. The van der Waals surface area contributed by atoms with Gasteiger partial charge in [-0.1, -0.05) is 54.6 Å². The van der Waals surface area contributed by atoms with Crippen LogP contribution in [0.1, 0.15) is 34.8 Å². The molecule has 1 aliphatic rings. The smallest absolute Gasteiger partial charge is 0.223 e. The lowest BCUT2D eigenvalue weighted by Gasteiger charge is -2.27. The summed E-state index contributed by atoms with van der Waals surface area (Å²) in [6, 6.07) is 19.9. The van der Waals surface area contributed by atoms with E-state index in [0.29, 0.717) is 18.4 Å². The van der Waals surface area contributed by atoms with E-state index in [-0.39, 0.29) is 4.90 Å². The second-order valence-corrected chi connectivity index (χ2v) is 10.1. The van der Waals surface area contributed by atoms with E-state index in [1.165, 1.54) is 6.07 Å². The van der Waals surface area contributed by atoms with Gasteiger partial charge < -0.3 is 0 Å². The molecule has 0 N–H and O–H groups in total. The predicted octanol–water partition coefficient (Wildman–Crippen LogP) is 6.86. The van der Waals surface area contributed by atoms with Crippen molar-refractivity contribution in [3.05, 3.63) is 89.5 Å². The standard InChI is InChI=1S/C25H19F3O2S/c26-25(27,28)17-6-3-7-18(15-17)31(29,30)24-10-4-9-20-22-12-11-16-5-1-2-8-19(16)21(22)13-14-23(20)24/h1-3,5-8,11-15,24H,4,9-10H2. The lowest BCUT2D eigenvalue weighted by molar-refractivity contribution is -0.137. The van der Waals surface area contributed by atoms with E-state index in [0.717, 1.165) is 51.7 Å². The van der Waals surface area contributed by atoms with Crippen LogP contribution in [0.3, 0.4) is 0 Å². The van der Waals surface area contributed by atoms with Crippen LogP contribution in [0.2, 0.25) is 0 Å². The van der Waals surface area contributed by atoms with E-state index in [1.54, 1.807) is 0 Å². The molecule has 0 fully saturated rings. The Kier molecular flexibility index (Phi) is 4.59. The van der Waals surface area contributed by atoms with Crippen LogP contribution < -0.4 is 0 Å². The van der Waals surface area contributed by atoms with Gasteiger partial charge in [0.25, 0.3) is 0 Å². The number of benzene rings is 4. The van der Waals surface area contributed by atoms with Gasteiger partial charge in [0.05, 0.1) is 15.7 Å². The van der Waals surface area contributed by atoms with Crippen LogP contribution >= 0.6 is 0 Å². The van der Waals surface area contributed by atoms with Crippen LogP contribution in [0, 0.1) is 0 Å². The Hall–Kier alpha value is -2.86. The molecule has 31 heavy (non-hydrogen) atoms. The largest absolute Gasteiger partial charge is 0.416 e. The molecular formula is C25H19F3O2S. The molecule has 0 aliphatic heterocycles. The average molecular weight is 440 g/mol. The molecule has 4 aromatic rings. The summed E-state index contributed by atoms with van der Waals surface area (Å²) in [4.78, 5) is -0.279. The quantitative estimate of drug-likeness (QED) is 0.319. The Balaban J connectivity index is 1.67. The van der Waals surface area contributed by atoms with Gasteiger partial charge in [-0.05, 0) is 70.1 Å². The van der Waals surface area contributed by atoms with Crippen molar-refractivity contribution in [1.29, 1.82) is 0 Å². The molecule has 6 heteroatoms. The van der Waals surface area contributed by atoms with Gasteiger partial charge in [-0.15, -0.1) is 0 Å². The van der Waals surface area contributed by atoms with Crippen LogP contribution in [0.25, 0.3) is 21.5 Å². The highest BCUT2D eigenvalue weighted by atomic mass is 32.2. The zero-order chi connectivity index (χ0) is 21.8. The number of aryl methyl sites for hydroxylation is 1. The fraction of sp³-hybridized carbons (Fsp3) is 0.200. The van der Waals surface area contributed by atoms with Gasteiger partial charge in [0.15, 0.2) is 9.84 Å². The van der Waals surface area contributed by atoms with Gasteiger partial charge in [-0.25, -0.2) is 8.42 Å². The van der Waals surface area contributed by atoms with Crippen LogP contribution in [0.15, 0.2) is 77.7 Å². The highest BCUT2D eigenvalue weighted by molar-refractivity contribution is 7.91. The Morgan fingerprint density at radius 1 is 0.806 bits per heavy atom. The van der Waals surface area contributed by atoms with Crippen LogP contribution in [-0.2, 0) is 22.4 Å². The van der Waals surface area contributed by atoms with E-state index in [2.05, 4.69) is 0 Å². The molecule has 0 saturated carbocycles.